The van der Waals surface area contributed by atoms with Crippen molar-refractivity contribution in [1.82, 2.24) is 4.57 Å². The Morgan fingerprint density at radius 3 is 1.11 bits per heavy atom. The summed E-state index contributed by atoms with van der Waals surface area (Å²) in [6.45, 7) is 14.0. The van der Waals surface area contributed by atoms with E-state index in [9.17, 15) is 0 Å². The van der Waals surface area contributed by atoms with Crippen molar-refractivity contribution in [3.8, 4) is 27.9 Å². The van der Waals surface area contributed by atoms with Crippen LogP contribution in [-0.2, 0) is 10.8 Å². The van der Waals surface area contributed by atoms with Crippen LogP contribution in [-0.4, -0.2) is 11.3 Å². The van der Waals surface area contributed by atoms with Crippen LogP contribution in [0.5, 0.6) is 0 Å². The molecule has 7 aromatic carbocycles. The Balaban J connectivity index is 1.14. The van der Waals surface area contributed by atoms with Crippen LogP contribution in [0.3, 0.4) is 0 Å². The largest absolute Gasteiger partial charge is 0.309 e. The van der Waals surface area contributed by atoms with E-state index in [1.165, 1.54) is 107 Å². The van der Waals surface area contributed by atoms with Gasteiger partial charge in [-0.15, -0.1) is 0 Å². The zero-order valence-electron chi connectivity index (χ0n) is 32.0. The van der Waals surface area contributed by atoms with Crippen LogP contribution in [0.2, 0.25) is 0 Å². The molecule has 0 fully saturated rings. The monoisotopic (exact) mass is 761 g/mol. The highest BCUT2D eigenvalue weighted by Crippen LogP contribution is 2.48. The van der Waals surface area contributed by atoms with Gasteiger partial charge in [0.25, 0.3) is 0 Å². The van der Waals surface area contributed by atoms with Gasteiger partial charge < -0.3 is 4.57 Å². The third kappa shape index (κ3) is 5.26. The van der Waals surface area contributed by atoms with Crippen LogP contribution in [0.4, 0.5) is 0 Å². The summed E-state index contributed by atoms with van der Waals surface area (Å²) in [5.74, 6) is 0. The van der Waals surface area contributed by atoms with E-state index in [0.717, 1.165) is 0 Å². The predicted molar refractivity (Wildman–Crippen MR) is 239 cm³/mol. The van der Waals surface area contributed by atoms with Crippen molar-refractivity contribution < 1.29 is 0 Å². The predicted octanol–water partition coefficient (Wildman–Crippen LogP) is 12.6. The van der Waals surface area contributed by atoms with E-state index in [-0.39, 0.29) is 17.5 Å². The second-order valence-electron chi connectivity index (χ2n) is 17.4. The first kappa shape index (κ1) is 33.8. The topological polar surface area (TPSA) is 4.93 Å². The Bertz CT molecular complexity index is 2710. The summed E-state index contributed by atoms with van der Waals surface area (Å²) < 4.78 is 2.49. The molecule has 0 N–H and O–H groups in total. The number of hydrogen-bond donors (Lipinski definition) is 0. The van der Waals surface area contributed by atoms with E-state index in [4.69, 9.17) is 0 Å². The van der Waals surface area contributed by atoms with Crippen molar-refractivity contribution >= 4 is 80.2 Å². The van der Waals surface area contributed by atoms with Crippen LogP contribution in [0, 0.1) is 0 Å². The third-order valence-electron chi connectivity index (χ3n) is 11.8. The number of benzene rings is 7. The summed E-state index contributed by atoms with van der Waals surface area (Å²) in [7, 11) is 0. The fourth-order valence-electron chi connectivity index (χ4n) is 8.93. The van der Waals surface area contributed by atoms with Crippen LogP contribution < -0.4 is 16.4 Å². The lowest BCUT2D eigenvalue weighted by Crippen LogP contribution is -2.60. The molecule has 3 aliphatic heterocycles. The second kappa shape index (κ2) is 12.0. The Morgan fingerprint density at radius 1 is 0.400 bits per heavy atom. The van der Waals surface area contributed by atoms with Gasteiger partial charge in [0.2, 0.25) is 6.71 Å². The molecular formula is C50H40BNS3. The molecule has 0 radical (unpaired) electrons. The zero-order valence-corrected chi connectivity index (χ0v) is 34.4. The molecule has 0 spiro atoms. The molecule has 0 aliphatic carbocycles. The molecule has 11 rings (SSSR count). The molecule has 8 aromatic rings. The summed E-state index contributed by atoms with van der Waals surface area (Å²) >= 11 is 5.91. The molecule has 1 aromatic heterocycles. The van der Waals surface area contributed by atoms with Crippen molar-refractivity contribution in [3.63, 3.8) is 0 Å². The number of hydrogen-bond acceptors (Lipinski definition) is 3. The standard InChI is InChI=1S/C50H40BNS3/c1-49(2,3)33-19-15-29(16-20-33)31-23-40-46-42(25-31)54-44-27-35(52-38-13-9-7-11-36(38)37-12-8-10-14-39(37)52)28-45-48(44)51(46)47-41(53-40)24-32(26-43(47)55-45)30-17-21-34(22-18-30)50(4,5)6/h7-28H,1-6H3. The van der Waals surface area contributed by atoms with Crippen LogP contribution >= 0.6 is 35.3 Å². The normalized spacial score (nSPS) is 14.1. The summed E-state index contributed by atoms with van der Waals surface area (Å²) in [6, 6.07) is 51.2. The van der Waals surface area contributed by atoms with Gasteiger partial charge in [-0.1, -0.05) is 162 Å². The fourth-order valence-corrected chi connectivity index (χ4v) is 13.0. The molecule has 0 unspecified atom stereocenters. The molecule has 266 valence electrons. The van der Waals surface area contributed by atoms with E-state index in [1.807, 2.05) is 35.3 Å². The average molecular weight is 762 g/mol. The van der Waals surface area contributed by atoms with Gasteiger partial charge in [0.15, 0.2) is 0 Å². The lowest BCUT2D eigenvalue weighted by Gasteiger charge is -2.38. The highest BCUT2D eigenvalue weighted by Gasteiger charge is 2.44. The fraction of sp³-hybridized carbons (Fsp3) is 0.160. The number of fused-ring (bicyclic) bond motifs is 3. The maximum atomic E-state index is 2.49. The second-order valence-corrected chi connectivity index (χ2v) is 20.6. The van der Waals surface area contributed by atoms with Gasteiger partial charge >= 0.3 is 0 Å². The van der Waals surface area contributed by atoms with Crippen molar-refractivity contribution in [1.29, 1.82) is 0 Å². The molecule has 0 amide bonds. The summed E-state index contributed by atoms with van der Waals surface area (Å²) in [5.41, 5.74) is 16.3. The van der Waals surface area contributed by atoms with Gasteiger partial charge in [0.05, 0.1) is 11.0 Å². The number of para-hydroxylation sites is 2. The SMILES string of the molecule is CC(C)(C)c1ccc(-c2cc3c4c(c2)Sc2cc(-n5c6ccccc6c6ccccc65)cc5c2B4c2c(cc(-c4ccc(C(C)(C)C)cc4)cc2S5)S3)cc1. The molecule has 55 heavy (non-hydrogen) atoms. The lowest BCUT2D eigenvalue weighted by atomic mass is 9.36. The van der Waals surface area contributed by atoms with Crippen LogP contribution in [0.25, 0.3) is 49.7 Å². The first-order chi connectivity index (χ1) is 26.5. The zero-order chi connectivity index (χ0) is 37.4. The molecule has 0 saturated carbocycles. The first-order valence-electron chi connectivity index (χ1n) is 19.3. The van der Waals surface area contributed by atoms with Crippen LogP contribution in [0.15, 0.2) is 163 Å². The summed E-state index contributed by atoms with van der Waals surface area (Å²) in [5, 5.41) is 2.59. The van der Waals surface area contributed by atoms with E-state index in [2.05, 4.69) is 180 Å². The van der Waals surface area contributed by atoms with Crippen molar-refractivity contribution in [2.24, 2.45) is 0 Å². The summed E-state index contributed by atoms with van der Waals surface area (Å²) in [6.07, 6.45) is 0. The van der Waals surface area contributed by atoms with E-state index < -0.39 is 0 Å². The molecule has 5 heteroatoms. The van der Waals surface area contributed by atoms with Crippen molar-refractivity contribution in [3.05, 3.63) is 145 Å². The number of nitrogens with zero attached hydrogens (tertiary/aromatic N) is 1. The summed E-state index contributed by atoms with van der Waals surface area (Å²) in [4.78, 5) is 8.28. The van der Waals surface area contributed by atoms with Crippen molar-refractivity contribution in [2.75, 3.05) is 0 Å². The maximum absolute atomic E-state index is 2.49. The third-order valence-corrected chi connectivity index (χ3v) is 15.2. The molecule has 1 nitrogen and oxygen atoms in total. The first-order valence-corrected chi connectivity index (χ1v) is 21.7. The lowest BCUT2D eigenvalue weighted by molar-refractivity contribution is 0.590. The maximum Gasteiger partial charge on any atom is 0.250 e. The number of aromatic nitrogens is 1. The molecule has 0 bridgehead atoms. The van der Waals surface area contributed by atoms with Gasteiger partial charge in [-0.05, 0) is 109 Å². The van der Waals surface area contributed by atoms with Gasteiger partial charge in [-0.25, -0.2) is 0 Å². The molecule has 4 heterocycles. The Morgan fingerprint density at radius 2 is 0.745 bits per heavy atom. The highest BCUT2D eigenvalue weighted by molar-refractivity contribution is 8.02. The van der Waals surface area contributed by atoms with Gasteiger partial charge in [-0.3, -0.25) is 0 Å². The minimum absolute atomic E-state index is 0.118. The molecule has 3 aliphatic rings. The average Bonchev–Trinajstić information content (AvgIpc) is 3.51. The molecular weight excluding hydrogens is 722 g/mol. The van der Waals surface area contributed by atoms with Crippen LogP contribution in [0.1, 0.15) is 52.7 Å². The minimum atomic E-state index is 0.118. The van der Waals surface area contributed by atoms with E-state index >= 15 is 0 Å². The Labute approximate surface area is 337 Å². The quantitative estimate of drug-likeness (QED) is 0.165. The van der Waals surface area contributed by atoms with E-state index in [0.29, 0.717) is 0 Å². The molecule has 0 atom stereocenters. The van der Waals surface area contributed by atoms with Crippen molar-refractivity contribution in [2.45, 2.75) is 81.7 Å². The van der Waals surface area contributed by atoms with Gasteiger partial charge in [0, 0.05) is 45.8 Å². The van der Waals surface area contributed by atoms with Gasteiger partial charge in [-0.2, -0.15) is 0 Å². The Kier molecular flexibility index (Phi) is 7.35. The highest BCUT2D eigenvalue weighted by atomic mass is 32.2. The number of rotatable bonds is 3. The Hall–Kier alpha value is -4.55. The minimum Gasteiger partial charge on any atom is -0.309 e. The smallest absolute Gasteiger partial charge is 0.250 e. The van der Waals surface area contributed by atoms with E-state index in [1.54, 1.807) is 0 Å². The van der Waals surface area contributed by atoms with Gasteiger partial charge in [0.1, 0.15) is 0 Å². The molecule has 0 saturated heterocycles.